The molecule has 2 amide bonds. The van der Waals surface area contributed by atoms with Crippen molar-refractivity contribution in [2.45, 2.75) is 25.9 Å². The largest absolute Gasteiger partial charge is 0.418 e. The van der Waals surface area contributed by atoms with Crippen LogP contribution in [-0.4, -0.2) is 47.8 Å². The minimum Gasteiger partial charge on any atom is -0.398 e. The molecule has 0 bridgehead atoms. The predicted molar refractivity (Wildman–Crippen MR) is 112 cm³/mol. The Hall–Kier alpha value is -3.23. The topological polar surface area (TPSA) is 92.7 Å². The average Bonchev–Trinajstić information content (AvgIpc) is 2.68. The van der Waals surface area contributed by atoms with Crippen molar-refractivity contribution in [1.29, 1.82) is 0 Å². The Morgan fingerprint density at radius 1 is 0.806 bits per heavy atom. The molecule has 0 radical (unpaired) electrons. The highest BCUT2D eigenvalue weighted by Gasteiger charge is 2.35. The highest BCUT2D eigenvalue weighted by Crippen LogP contribution is 2.35. The molecule has 0 spiro atoms. The first-order valence-corrected chi connectivity index (χ1v) is 10.0. The van der Waals surface area contributed by atoms with E-state index in [1.54, 1.807) is 17.0 Å². The van der Waals surface area contributed by atoms with Gasteiger partial charge < -0.3 is 21.3 Å². The van der Waals surface area contributed by atoms with E-state index >= 15 is 0 Å². The van der Waals surface area contributed by atoms with Crippen LogP contribution in [0.15, 0.2) is 36.4 Å². The molecule has 0 aromatic heterocycles. The van der Waals surface area contributed by atoms with Gasteiger partial charge in [-0.15, -0.1) is 0 Å². The van der Waals surface area contributed by atoms with E-state index in [-0.39, 0.29) is 11.5 Å². The van der Waals surface area contributed by atoms with Crippen LogP contribution in [0.2, 0.25) is 0 Å². The van der Waals surface area contributed by atoms with E-state index < -0.39 is 23.3 Å². The maximum atomic E-state index is 13.1. The first-order chi connectivity index (χ1) is 14.6. The van der Waals surface area contributed by atoms with Crippen LogP contribution in [0, 0.1) is 6.92 Å². The monoisotopic (exact) mass is 434 g/mol. The van der Waals surface area contributed by atoms with E-state index in [4.69, 9.17) is 11.5 Å². The molecule has 1 fully saturated rings. The Bertz CT molecular complexity index is 981. The summed E-state index contributed by atoms with van der Waals surface area (Å²) in [5, 5.41) is 0. The number of halogens is 3. The van der Waals surface area contributed by atoms with Crippen molar-refractivity contribution in [3.63, 3.8) is 0 Å². The summed E-state index contributed by atoms with van der Waals surface area (Å²) >= 11 is 0. The molecule has 2 aromatic carbocycles. The molecule has 1 saturated heterocycles. The van der Waals surface area contributed by atoms with E-state index in [0.717, 1.165) is 11.6 Å². The van der Waals surface area contributed by atoms with Gasteiger partial charge in [-0.25, -0.2) is 0 Å². The molecule has 1 aliphatic rings. The molecule has 0 saturated carbocycles. The van der Waals surface area contributed by atoms with Crippen molar-refractivity contribution < 1.29 is 22.8 Å². The van der Waals surface area contributed by atoms with Crippen LogP contribution >= 0.6 is 0 Å². The molecule has 4 N–H and O–H groups in total. The third kappa shape index (κ3) is 4.76. The Morgan fingerprint density at radius 2 is 1.26 bits per heavy atom. The number of nitrogens with zero attached hydrogens (tertiary/aromatic N) is 2. The lowest BCUT2D eigenvalue weighted by Crippen LogP contribution is -2.42. The summed E-state index contributed by atoms with van der Waals surface area (Å²) in [5.74, 6) is -0.700. The third-order valence-electron chi connectivity index (χ3n) is 5.48. The fourth-order valence-corrected chi connectivity index (χ4v) is 3.74. The third-order valence-corrected chi connectivity index (χ3v) is 5.48. The zero-order chi connectivity index (χ0) is 22.8. The molecule has 166 valence electrons. The molecule has 1 heterocycles. The van der Waals surface area contributed by atoms with Gasteiger partial charge in [0.2, 0.25) is 0 Å². The molecule has 1 aliphatic heterocycles. The van der Waals surface area contributed by atoms with Gasteiger partial charge in [0, 0.05) is 31.9 Å². The van der Waals surface area contributed by atoms with Crippen molar-refractivity contribution in [1.82, 2.24) is 9.80 Å². The Balaban J connectivity index is 1.70. The van der Waals surface area contributed by atoms with Gasteiger partial charge in [0.25, 0.3) is 11.8 Å². The first kappa shape index (κ1) is 22.5. The Morgan fingerprint density at radius 3 is 1.74 bits per heavy atom. The second-order valence-electron chi connectivity index (χ2n) is 7.59. The minimum atomic E-state index is -4.63. The van der Waals surface area contributed by atoms with Crippen LogP contribution in [0.3, 0.4) is 0 Å². The van der Waals surface area contributed by atoms with Crippen LogP contribution in [0.5, 0.6) is 0 Å². The number of para-hydroxylation sites is 2. The number of carbonyl (C=O) groups is 2. The summed E-state index contributed by atoms with van der Waals surface area (Å²) in [6.07, 6.45) is -3.65. The molecule has 0 aliphatic carbocycles. The highest BCUT2D eigenvalue weighted by molar-refractivity contribution is 6.00. The van der Waals surface area contributed by atoms with Gasteiger partial charge in [-0.3, -0.25) is 9.59 Å². The van der Waals surface area contributed by atoms with Gasteiger partial charge in [0.15, 0.2) is 0 Å². The SMILES string of the molecule is Cc1cccc(C(=O)N2CCCN(C(=O)c3cccc(C(F)(F)F)c3N)CCC2)c1N. The van der Waals surface area contributed by atoms with Gasteiger partial charge in [-0.05, 0) is 43.5 Å². The number of benzene rings is 2. The van der Waals surface area contributed by atoms with Gasteiger partial charge in [-0.1, -0.05) is 18.2 Å². The van der Waals surface area contributed by atoms with Crippen molar-refractivity contribution in [2.75, 3.05) is 37.6 Å². The molecule has 3 rings (SSSR count). The summed E-state index contributed by atoms with van der Waals surface area (Å²) in [4.78, 5) is 29.0. The van der Waals surface area contributed by atoms with E-state index in [1.807, 2.05) is 13.0 Å². The maximum Gasteiger partial charge on any atom is 0.418 e. The van der Waals surface area contributed by atoms with Crippen molar-refractivity contribution in [3.05, 3.63) is 58.7 Å². The lowest BCUT2D eigenvalue weighted by molar-refractivity contribution is -0.136. The lowest BCUT2D eigenvalue weighted by atomic mass is 10.0. The maximum absolute atomic E-state index is 13.1. The minimum absolute atomic E-state index is 0.157. The van der Waals surface area contributed by atoms with Crippen molar-refractivity contribution in [3.8, 4) is 0 Å². The van der Waals surface area contributed by atoms with Crippen molar-refractivity contribution in [2.24, 2.45) is 0 Å². The molecule has 6 nitrogen and oxygen atoms in total. The lowest BCUT2D eigenvalue weighted by Gasteiger charge is -2.31. The summed E-state index contributed by atoms with van der Waals surface area (Å²) in [6, 6.07) is 8.66. The van der Waals surface area contributed by atoms with E-state index in [9.17, 15) is 22.8 Å². The number of alkyl halides is 3. The highest BCUT2D eigenvalue weighted by atomic mass is 19.4. The molecule has 0 unspecified atom stereocenters. The van der Waals surface area contributed by atoms with Crippen LogP contribution in [0.25, 0.3) is 0 Å². The number of aryl methyl sites for hydroxylation is 1. The molecular formula is C22H25F3N4O2. The number of nitrogen functional groups attached to an aromatic ring is 2. The number of anilines is 2. The van der Waals surface area contributed by atoms with Crippen LogP contribution in [0.4, 0.5) is 24.5 Å². The number of carbonyl (C=O) groups excluding carboxylic acids is 2. The van der Waals surface area contributed by atoms with E-state index in [0.29, 0.717) is 50.3 Å². The predicted octanol–water partition coefficient (Wildman–Crippen LogP) is 3.56. The molecule has 0 atom stereocenters. The van der Waals surface area contributed by atoms with Gasteiger partial charge in [0.05, 0.1) is 22.4 Å². The smallest absolute Gasteiger partial charge is 0.398 e. The number of hydrogen-bond donors (Lipinski definition) is 2. The second-order valence-corrected chi connectivity index (χ2v) is 7.59. The Kier molecular flexibility index (Phi) is 6.42. The van der Waals surface area contributed by atoms with Crippen LogP contribution in [0.1, 0.15) is 44.7 Å². The Labute approximate surface area is 178 Å². The zero-order valence-corrected chi connectivity index (χ0v) is 17.2. The van der Waals surface area contributed by atoms with E-state index in [1.165, 1.54) is 17.0 Å². The fourth-order valence-electron chi connectivity index (χ4n) is 3.74. The van der Waals surface area contributed by atoms with Gasteiger partial charge in [-0.2, -0.15) is 13.2 Å². The summed E-state index contributed by atoms with van der Waals surface area (Å²) < 4.78 is 39.3. The summed E-state index contributed by atoms with van der Waals surface area (Å²) in [6.45, 7) is 3.27. The zero-order valence-electron chi connectivity index (χ0n) is 17.2. The number of rotatable bonds is 2. The van der Waals surface area contributed by atoms with Gasteiger partial charge >= 0.3 is 6.18 Å². The number of nitrogens with two attached hydrogens (primary N) is 2. The first-order valence-electron chi connectivity index (χ1n) is 10.0. The van der Waals surface area contributed by atoms with Crippen LogP contribution in [-0.2, 0) is 6.18 Å². The number of amides is 2. The quantitative estimate of drug-likeness (QED) is 0.707. The average molecular weight is 434 g/mol. The summed E-state index contributed by atoms with van der Waals surface area (Å²) in [7, 11) is 0. The standard InChI is InChI=1S/C22H25F3N4O2/c1-14-6-2-7-15(18(14)26)20(30)28-10-4-12-29(13-5-11-28)21(31)16-8-3-9-17(19(16)27)22(23,24)25/h2-3,6-9H,4-5,10-13,26-27H2,1H3. The molecule has 9 heteroatoms. The fraction of sp³-hybridized carbons (Fsp3) is 0.364. The normalized spacial score (nSPS) is 15.4. The molecule has 31 heavy (non-hydrogen) atoms. The second kappa shape index (κ2) is 8.87. The summed E-state index contributed by atoms with van der Waals surface area (Å²) in [5.41, 5.74) is 11.7. The van der Waals surface area contributed by atoms with E-state index in [2.05, 4.69) is 0 Å². The van der Waals surface area contributed by atoms with Crippen LogP contribution < -0.4 is 11.5 Å². The van der Waals surface area contributed by atoms with Gasteiger partial charge in [0.1, 0.15) is 0 Å². The molecular weight excluding hydrogens is 409 g/mol. The molecule has 2 aromatic rings. The van der Waals surface area contributed by atoms with Crippen molar-refractivity contribution >= 4 is 23.2 Å². The number of hydrogen-bond acceptors (Lipinski definition) is 4.